The molecule has 0 aliphatic heterocycles. The van der Waals surface area contributed by atoms with E-state index in [0.717, 1.165) is 5.56 Å². The molecule has 0 N–H and O–H groups in total. The van der Waals surface area contributed by atoms with Crippen LogP contribution in [0.5, 0.6) is 11.5 Å². The van der Waals surface area contributed by atoms with Gasteiger partial charge in [0.1, 0.15) is 0 Å². The van der Waals surface area contributed by atoms with E-state index in [1.54, 1.807) is 31.3 Å². The third kappa shape index (κ3) is 6.95. The zero-order valence-corrected chi connectivity index (χ0v) is 16.8. The van der Waals surface area contributed by atoms with Crippen LogP contribution in [0.3, 0.4) is 0 Å². The number of ether oxygens (including phenoxy) is 4. The van der Waals surface area contributed by atoms with Crippen LogP contribution in [0, 0.1) is 0 Å². The van der Waals surface area contributed by atoms with Crippen LogP contribution >= 0.6 is 0 Å². The van der Waals surface area contributed by atoms with Gasteiger partial charge in [0.15, 0.2) is 17.5 Å². The Morgan fingerprint density at radius 1 is 1.03 bits per heavy atom. The molecule has 0 heterocycles. The zero-order chi connectivity index (χ0) is 21.1. The van der Waals surface area contributed by atoms with Crippen molar-refractivity contribution in [2.24, 2.45) is 4.99 Å². The average Bonchev–Trinajstić information content (AvgIpc) is 2.73. The van der Waals surface area contributed by atoms with E-state index in [4.69, 9.17) is 18.9 Å². The monoisotopic (exact) mass is 399 g/mol. The molecule has 0 saturated carbocycles. The fourth-order valence-electron chi connectivity index (χ4n) is 2.54. The number of rotatable bonds is 9. The molecule has 0 unspecified atom stereocenters. The van der Waals surface area contributed by atoms with Gasteiger partial charge in [-0.05, 0) is 43.2 Å². The second-order valence-corrected chi connectivity index (χ2v) is 5.93. The first-order valence-corrected chi connectivity index (χ1v) is 9.33. The van der Waals surface area contributed by atoms with Crippen LogP contribution in [0.2, 0.25) is 0 Å². The molecule has 0 fully saturated rings. The highest BCUT2D eigenvalue weighted by molar-refractivity contribution is 5.85. The highest BCUT2D eigenvalue weighted by Gasteiger charge is 2.18. The number of hydrogen-bond donors (Lipinski definition) is 0. The zero-order valence-electron chi connectivity index (χ0n) is 16.8. The van der Waals surface area contributed by atoms with Crippen molar-refractivity contribution in [1.29, 1.82) is 0 Å². The molecule has 7 heteroatoms. The molecular weight excluding hydrogens is 374 g/mol. The van der Waals surface area contributed by atoms with Gasteiger partial charge in [0, 0.05) is 12.6 Å². The number of aliphatic imine (C=N–C) groups is 1. The second kappa shape index (κ2) is 11.5. The Morgan fingerprint density at radius 3 is 2.45 bits per heavy atom. The van der Waals surface area contributed by atoms with Crippen LogP contribution in [-0.4, -0.2) is 44.7 Å². The first-order valence-electron chi connectivity index (χ1n) is 9.33. The number of esters is 1. The molecule has 0 saturated heterocycles. The summed E-state index contributed by atoms with van der Waals surface area (Å²) in [6.07, 6.45) is 1.19. The molecule has 0 amide bonds. The number of methoxy groups -OCH3 is 1. The van der Waals surface area contributed by atoms with Crippen LogP contribution in [0.1, 0.15) is 25.0 Å². The van der Waals surface area contributed by atoms with E-state index in [1.807, 2.05) is 37.3 Å². The summed E-state index contributed by atoms with van der Waals surface area (Å²) in [5.74, 6) is 0.204. The van der Waals surface area contributed by atoms with Gasteiger partial charge in [0.2, 0.25) is 0 Å². The van der Waals surface area contributed by atoms with Gasteiger partial charge in [0.25, 0.3) is 0 Å². The maximum absolute atomic E-state index is 12.1. The summed E-state index contributed by atoms with van der Waals surface area (Å²) in [7, 11) is 1.34. The lowest BCUT2D eigenvalue weighted by Crippen LogP contribution is -2.23. The van der Waals surface area contributed by atoms with Crippen molar-refractivity contribution in [3.05, 3.63) is 59.7 Å². The maximum atomic E-state index is 12.1. The molecule has 154 valence electrons. The van der Waals surface area contributed by atoms with Crippen LogP contribution in [0.15, 0.2) is 53.5 Å². The van der Waals surface area contributed by atoms with E-state index >= 15 is 0 Å². The highest BCUT2D eigenvalue weighted by atomic mass is 16.7. The van der Waals surface area contributed by atoms with E-state index in [1.165, 1.54) is 7.11 Å². The summed E-state index contributed by atoms with van der Waals surface area (Å²) in [6.45, 7) is 4.11. The van der Waals surface area contributed by atoms with Crippen molar-refractivity contribution in [1.82, 2.24) is 0 Å². The van der Waals surface area contributed by atoms with Crippen LogP contribution in [0.25, 0.3) is 0 Å². The Kier molecular flexibility index (Phi) is 8.69. The van der Waals surface area contributed by atoms with E-state index in [0.29, 0.717) is 24.3 Å². The van der Waals surface area contributed by atoms with Gasteiger partial charge in [0.05, 0.1) is 20.3 Å². The van der Waals surface area contributed by atoms with Gasteiger partial charge >= 0.3 is 12.1 Å². The van der Waals surface area contributed by atoms with Crippen molar-refractivity contribution in [2.75, 3.05) is 20.3 Å². The van der Waals surface area contributed by atoms with Crippen molar-refractivity contribution < 1.29 is 28.5 Å². The van der Waals surface area contributed by atoms with Crippen LogP contribution in [0.4, 0.5) is 4.79 Å². The summed E-state index contributed by atoms with van der Waals surface area (Å²) in [6, 6.07) is 13.9. The van der Waals surface area contributed by atoms with Crippen molar-refractivity contribution >= 4 is 18.3 Å². The Labute approximate surface area is 170 Å². The predicted molar refractivity (Wildman–Crippen MR) is 109 cm³/mol. The Hall–Kier alpha value is -3.35. The summed E-state index contributed by atoms with van der Waals surface area (Å²) < 4.78 is 20.4. The largest absolute Gasteiger partial charge is 0.513 e. The van der Waals surface area contributed by atoms with Gasteiger partial charge in [-0.2, -0.15) is 0 Å². The minimum Gasteiger partial charge on any atom is -0.490 e. The first kappa shape index (κ1) is 21.9. The molecule has 0 bridgehead atoms. The topological polar surface area (TPSA) is 83.4 Å². The summed E-state index contributed by atoms with van der Waals surface area (Å²) in [5, 5.41) is 0. The van der Waals surface area contributed by atoms with Gasteiger partial charge < -0.3 is 18.9 Å². The van der Waals surface area contributed by atoms with Gasteiger partial charge in [-0.1, -0.05) is 30.3 Å². The predicted octanol–water partition coefficient (Wildman–Crippen LogP) is 3.82. The molecule has 2 aromatic carbocycles. The van der Waals surface area contributed by atoms with Gasteiger partial charge in [-0.15, -0.1) is 0 Å². The molecule has 0 spiro atoms. The number of carbonyl (C=O) groups excluding carboxylic acids is 2. The molecule has 2 rings (SSSR count). The lowest BCUT2D eigenvalue weighted by Gasteiger charge is -2.12. The number of hydrogen-bond acceptors (Lipinski definition) is 7. The lowest BCUT2D eigenvalue weighted by atomic mass is 10.1. The molecule has 1 atom stereocenters. The third-order valence-electron chi connectivity index (χ3n) is 3.87. The average molecular weight is 399 g/mol. The summed E-state index contributed by atoms with van der Waals surface area (Å²) >= 11 is 0. The van der Waals surface area contributed by atoms with E-state index in [9.17, 15) is 9.59 Å². The van der Waals surface area contributed by atoms with Crippen molar-refractivity contribution in [3.63, 3.8) is 0 Å². The van der Waals surface area contributed by atoms with E-state index < -0.39 is 18.2 Å². The fraction of sp³-hybridized carbons (Fsp3) is 0.318. The summed E-state index contributed by atoms with van der Waals surface area (Å²) in [4.78, 5) is 28.1. The van der Waals surface area contributed by atoms with Crippen molar-refractivity contribution in [2.45, 2.75) is 26.3 Å². The quantitative estimate of drug-likeness (QED) is 0.362. The second-order valence-electron chi connectivity index (χ2n) is 5.93. The van der Waals surface area contributed by atoms with E-state index in [-0.39, 0.29) is 12.4 Å². The smallest absolute Gasteiger partial charge is 0.490 e. The highest BCUT2D eigenvalue weighted by Crippen LogP contribution is 2.28. The number of nitrogens with zero attached hydrogens (tertiary/aromatic N) is 1. The van der Waals surface area contributed by atoms with Crippen molar-refractivity contribution in [3.8, 4) is 11.5 Å². The number of carbonyl (C=O) groups is 2. The summed E-state index contributed by atoms with van der Waals surface area (Å²) in [5.41, 5.74) is 1.67. The van der Waals surface area contributed by atoms with Gasteiger partial charge in [-0.25, -0.2) is 9.59 Å². The Bertz CT molecular complexity index is 834. The lowest BCUT2D eigenvalue weighted by molar-refractivity contribution is -0.142. The van der Waals surface area contributed by atoms with E-state index in [2.05, 4.69) is 4.99 Å². The fourth-order valence-corrected chi connectivity index (χ4v) is 2.54. The number of benzene rings is 2. The minimum absolute atomic E-state index is 0.212. The Balaban J connectivity index is 2.20. The molecule has 7 nitrogen and oxygen atoms in total. The SMILES string of the molecule is CCOC(=O)Oc1ccc(C=N[C@@H](Cc2ccccc2)C(=O)OC)cc1OCC. The molecule has 29 heavy (non-hydrogen) atoms. The van der Waals surface area contributed by atoms with Gasteiger partial charge in [-0.3, -0.25) is 4.99 Å². The Morgan fingerprint density at radius 2 is 1.79 bits per heavy atom. The maximum Gasteiger partial charge on any atom is 0.513 e. The van der Waals surface area contributed by atoms with Crippen LogP contribution < -0.4 is 9.47 Å². The van der Waals surface area contributed by atoms with Crippen LogP contribution in [-0.2, 0) is 20.7 Å². The third-order valence-corrected chi connectivity index (χ3v) is 3.87. The molecule has 0 radical (unpaired) electrons. The molecule has 2 aromatic rings. The first-order chi connectivity index (χ1) is 14.1. The molecule has 0 aliphatic carbocycles. The minimum atomic E-state index is -0.802. The molecular formula is C22H25NO6. The molecule has 0 aliphatic rings. The standard InChI is InChI=1S/C22H25NO6/c1-4-27-20-14-17(11-12-19(20)29-22(25)28-5-2)15-23-18(21(24)26-3)13-16-9-7-6-8-10-16/h6-12,14-15,18H,4-5,13H2,1-3H3/t18-/m0/s1. The normalized spacial score (nSPS) is 11.7. The molecule has 0 aromatic heterocycles.